The first-order valence-electron chi connectivity index (χ1n) is 10.00. The highest BCUT2D eigenvalue weighted by Gasteiger charge is 2.24. The number of hydrogen-bond acceptors (Lipinski definition) is 5. The van der Waals surface area contributed by atoms with Crippen molar-refractivity contribution in [3.05, 3.63) is 49.5 Å². The molecule has 0 atom stereocenters. The van der Waals surface area contributed by atoms with E-state index in [2.05, 4.69) is 79.7 Å². The summed E-state index contributed by atoms with van der Waals surface area (Å²) in [6.45, 7) is 0. The van der Waals surface area contributed by atoms with E-state index in [9.17, 15) is 4.79 Å². The van der Waals surface area contributed by atoms with Crippen LogP contribution in [0.5, 0.6) is 0 Å². The van der Waals surface area contributed by atoms with Crippen LogP contribution in [0.15, 0.2) is 44.7 Å². The summed E-state index contributed by atoms with van der Waals surface area (Å²) in [6.07, 6.45) is 3.94. The molecule has 30 heavy (non-hydrogen) atoms. The summed E-state index contributed by atoms with van der Waals surface area (Å²) in [5.74, 6) is 0.924. The zero-order valence-electron chi connectivity index (χ0n) is 16.9. The fourth-order valence-electron chi connectivity index (χ4n) is 3.91. The van der Waals surface area contributed by atoms with Crippen LogP contribution in [0.4, 0.5) is 11.5 Å². The summed E-state index contributed by atoms with van der Waals surface area (Å²) in [4.78, 5) is 20.2. The molecule has 0 unspecified atom stereocenters. The number of anilines is 2. The second-order valence-electron chi connectivity index (χ2n) is 7.84. The van der Waals surface area contributed by atoms with Crippen molar-refractivity contribution < 1.29 is 4.79 Å². The number of aromatic nitrogens is 1. The molecule has 2 N–H and O–H groups in total. The van der Waals surface area contributed by atoms with Crippen LogP contribution in [-0.4, -0.2) is 37.1 Å². The Kier molecular flexibility index (Phi) is 6.65. The van der Waals surface area contributed by atoms with Gasteiger partial charge in [0, 0.05) is 47.8 Å². The zero-order valence-corrected chi connectivity index (χ0v) is 20.9. The Morgan fingerprint density at radius 3 is 2.47 bits per heavy atom. The van der Waals surface area contributed by atoms with E-state index < -0.39 is 0 Å². The Balaban J connectivity index is 1.37. The Hall–Kier alpha value is -1.64. The van der Waals surface area contributed by atoms with Gasteiger partial charge in [-0.2, -0.15) is 0 Å². The van der Waals surface area contributed by atoms with Crippen molar-refractivity contribution in [2.45, 2.75) is 37.8 Å². The number of carbonyl (C=O) groups is 1. The van der Waals surface area contributed by atoms with E-state index in [1.807, 2.05) is 18.2 Å². The molecule has 158 valence electrons. The quantitative estimate of drug-likeness (QED) is 0.406. The molecular weight excluding hydrogens is 528 g/mol. The highest BCUT2D eigenvalue weighted by molar-refractivity contribution is 9.13. The standard InChI is InChI=1S/C22H24Br2N4OS/c1-28(2)18-12-20(27-17-6-4-3-5-15(17)18)25-13-7-9-14(10-8-13)26-22(29)19-11-16(23)21(24)30-19/h3-6,11-14H,7-10H2,1-2H3,(H,25,27)(H,26,29). The van der Waals surface area contributed by atoms with Crippen molar-refractivity contribution in [1.82, 2.24) is 10.3 Å². The molecule has 3 aromatic rings. The Morgan fingerprint density at radius 2 is 1.80 bits per heavy atom. The number of fused-ring (bicyclic) bond motifs is 1. The zero-order chi connectivity index (χ0) is 21.3. The van der Waals surface area contributed by atoms with Gasteiger partial charge in [0.2, 0.25) is 0 Å². The van der Waals surface area contributed by atoms with Crippen LogP contribution >= 0.6 is 43.2 Å². The second kappa shape index (κ2) is 9.24. The molecule has 0 radical (unpaired) electrons. The van der Waals surface area contributed by atoms with Crippen molar-refractivity contribution in [2.75, 3.05) is 24.3 Å². The van der Waals surface area contributed by atoms with Crippen molar-refractivity contribution in [2.24, 2.45) is 0 Å². The predicted octanol–water partition coefficient (Wildman–Crippen LogP) is 6.04. The highest BCUT2D eigenvalue weighted by Crippen LogP contribution is 2.33. The largest absolute Gasteiger partial charge is 0.377 e. The first-order chi connectivity index (χ1) is 14.4. The molecule has 1 fully saturated rings. The van der Waals surface area contributed by atoms with E-state index in [-0.39, 0.29) is 11.9 Å². The second-order valence-corrected chi connectivity index (χ2v) is 11.1. The summed E-state index contributed by atoms with van der Waals surface area (Å²) in [5, 5.41) is 7.97. The Morgan fingerprint density at radius 1 is 1.10 bits per heavy atom. The number of thiophene rings is 1. The molecule has 1 aliphatic carbocycles. The van der Waals surface area contributed by atoms with Gasteiger partial charge in [0.25, 0.3) is 5.91 Å². The fraction of sp³-hybridized carbons (Fsp3) is 0.364. The van der Waals surface area contributed by atoms with Crippen molar-refractivity contribution in [3.63, 3.8) is 0 Å². The number of halogens is 2. The molecule has 5 nitrogen and oxygen atoms in total. The minimum Gasteiger partial charge on any atom is -0.377 e. The first kappa shape index (κ1) is 21.6. The van der Waals surface area contributed by atoms with E-state index >= 15 is 0 Å². The Labute approximate surface area is 197 Å². The molecule has 0 spiro atoms. The minimum atomic E-state index is 0.00892. The maximum Gasteiger partial charge on any atom is 0.261 e. The van der Waals surface area contributed by atoms with Gasteiger partial charge in [-0.05, 0) is 69.7 Å². The van der Waals surface area contributed by atoms with Crippen LogP contribution in [0, 0.1) is 0 Å². The molecule has 4 rings (SSSR count). The SMILES string of the molecule is CN(C)c1cc(NC2CCC(NC(=O)c3cc(Br)c(Br)s3)CC2)nc2ccccc12. The van der Waals surface area contributed by atoms with Crippen LogP contribution < -0.4 is 15.5 Å². The van der Waals surface area contributed by atoms with Crippen LogP contribution in [-0.2, 0) is 0 Å². The molecule has 1 aliphatic rings. The number of nitrogens with one attached hydrogen (secondary N) is 2. The smallest absolute Gasteiger partial charge is 0.261 e. The molecule has 0 saturated heterocycles. The number of amides is 1. The number of pyridine rings is 1. The summed E-state index contributed by atoms with van der Waals surface area (Å²) < 4.78 is 1.87. The van der Waals surface area contributed by atoms with E-state index in [0.717, 1.165) is 61.2 Å². The highest BCUT2D eigenvalue weighted by atomic mass is 79.9. The van der Waals surface area contributed by atoms with Gasteiger partial charge in [-0.3, -0.25) is 4.79 Å². The molecular formula is C22H24Br2N4OS. The summed E-state index contributed by atoms with van der Waals surface area (Å²) >= 11 is 8.35. The number of nitrogens with zero attached hydrogens (tertiary/aromatic N) is 2. The fourth-order valence-corrected chi connectivity index (χ4v) is 5.85. The predicted molar refractivity (Wildman–Crippen MR) is 133 cm³/mol. The summed E-state index contributed by atoms with van der Waals surface area (Å²) in [7, 11) is 4.12. The lowest BCUT2D eigenvalue weighted by Crippen LogP contribution is -2.40. The molecule has 2 aromatic heterocycles. The van der Waals surface area contributed by atoms with Gasteiger partial charge in [0.05, 0.1) is 14.2 Å². The Bertz CT molecular complexity index is 1040. The van der Waals surface area contributed by atoms with Crippen molar-refractivity contribution in [1.29, 1.82) is 0 Å². The molecule has 0 bridgehead atoms. The first-order valence-corrected chi connectivity index (χ1v) is 12.4. The van der Waals surface area contributed by atoms with Gasteiger partial charge >= 0.3 is 0 Å². The lowest BCUT2D eigenvalue weighted by Gasteiger charge is -2.30. The van der Waals surface area contributed by atoms with Gasteiger partial charge in [-0.25, -0.2) is 4.98 Å². The summed E-state index contributed by atoms with van der Waals surface area (Å²) in [5.41, 5.74) is 2.16. The third-order valence-electron chi connectivity index (χ3n) is 5.46. The topological polar surface area (TPSA) is 57.3 Å². The van der Waals surface area contributed by atoms with Gasteiger partial charge < -0.3 is 15.5 Å². The third kappa shape index (κ3) is 4.81. The van der Waals surface area contributed by atoms with E-state index in [1.165, 1.54) is 11.3 Å². The number of benzene rings is 1. The van der Waals surface area contributed by atoms with Gasteiger partial charge in [0.15, 0.2) is 0 Å². The average molecular weight is 552 g/mol. The normalized spacial score (nSPS) is 18.9. The number of para-hydroxylation sites is 1. The number of rotatable bonds is 5. The van der Waals surface area contributed by atoms with Crippen molar-refractivity contribution >= 4 is 71.5 Å². The molecule has 1 aromatic carbocycles. The molecule has 0 aliphatic heterocycles. The lowest BCUT2D eigenvalue weighted by atomic mass is 9.91. The van der Waals surface area contributed by atoms with Crippen LogP contribution in [0.3, 0.4) is 0 Å². The van der Waals surface area contributed by atoms with Gasteiger partial charge in [-0.1, -0.05) is 18.2 Å². The molecule has 1 saturated carbocycles. The minimum absolute atomic E-state index is 0.00892. The van der Waals surface area contributed by atoms with Crippen LogP contribution in [0.25, 0.3) is 10.9 Å². The average Bonchev–Trinajstić information content (AvgIpc) is 3.07. The van der Waals surface area contributed by atoms with E-state index in [1.54, 1.807) is 0 Å². The van der Waals surface area contributed by atoms with Crippen LogP contribution in [0.2, 0.25) is 0 Å². The van der Waals surface area contributed by atoms with Gasteiger partial charge in [-0.15, -0.1) is 11.3 Å². The third-order valence-corrected chi connectivity index (χ3v) is 8.71. The number of carbonyl (C=O) groups excluding carboxylic acids is 1. The molecule has 8 heteroatoms. The van der Waals surface area contributed by atoms with E-state index in [0.29, 0.717) is 6.04 Å². The molecule has 1 amide bonds. The monoisotopic (exact) mass is 550 g/mol. The van der Waals surface area contributed by atoms with E-state index in [4.69, 9.17) is 4.98 Å². The van der Waals surface area contributed by atoms with Gasteiger partial charge in [0.1, 0.15) is 5.82 Å². The summed E-state index contributed by atoms with van der Waals surface area (Å²) in [6, 6.07) is 12.8. The van der Waals surface area contributed by atoms with Crippen molar-refractivity contribution in [3.8, 4) is 0 Å². The number of hydrogen-bond donors (Lipinski definition) is 2. The molecule has 2 heterocycles. The van der Waals surface area contributed by atoms with Crippen LogP contribution in [0.1, 0.15) is 35.4 Å². The maximum atomic E-state index is 12.5. The maximum absolute atomic E-state index is 12.5. The lowest BCUT2D eigenvalue weighted by molar-refractivity contribution is 0.0930.